The van der Waals surface area contributed by atoms with Gasteiger partial charge >= 0.3 is 6.18 Å². The number of hydrogen-bond acceptors (Lipinski definition) is 9. The fourth-order valence-electron chi connectivity index (χ4n) is 7.55. The Bertz CT molecular complexity index is 1070. The second kappa shape index (κ2) is 11.5. The zero-order valence-electron chi connectivity index (χ0n) is 24.0. The maximum absolute atomic E-state index is 13.7. The zero-order chi connectivity index (χ0) is 28.7. The highest BCUT2D eigenvalue weighted by atomic mass is 19.4. The summed E-state index contributed by atoms with van der Waals surface area (Å²) in [6, 6.07) is 0.685. The van der Waals surface area contributed by atoms with E-state index in [1.54, 1.807) is 4.90 Å². The van der Waals surface area contributed by atoms with Gasteiger partial charge in [0.1, 0.15) is 11.4 Å². The quantitative estimate of drug-likeness (QED) is 0.428. The van der Waals surface area contributed by atoms with Gasteiger partial charge in [-0.3, -0.25) is 14.6 Å². The number of amides is 1. The van der Waals surface area contributed by atoms with Gasteiger partial charge in [0.2, 0.25) is 11.9 Å². The van der Waals surface area contributed by atoms with Crippen molar-refractivity contribution in [3.8, 4) is 0 Å². The minimum Gasteiger partial charge on any atom is -0.379 e. The predicted octanol–water partition coefficient (Wildman–Crippen LogP) is 2.35. The van der Waals surface area contributed by atoms with Crippen molar-refractivity contribution in [2.75, 3.05) is 89.8 Å². The number of rotatable bonds is 9. The van der Waals surface area contributed by atoms with Crippen LogP contribution in [0.15, 0.2) is 6.20 Å². The fourth-order valence-corrected chi connectivity index (χ4v) is 7.55. The van der Waals surface area contributed by atoms with Gasteiger partial charge in [0.05, 0.1) is 19.6 Å². The highest BCUT2D eigenvalue weighted by molar-refractivity contribution is 5.76. The van der Waals surface area contributed by atoms with E-state index in [0.717, 1.165) is 64.7 Å². The first-order chi connectivity index (χ1) is 19.6. The molecule has 1 aromatic heterocycles. The van der Waals surface area contributed by atoms with E-state index in [0.29, 0.717) is 45.2 Å². The number of piperazine rings is 1. The molecule has 1 amide bonds. The lowest BCUT2D eigenvalue weighted by molar-refractivity contribution is -0.161. The van der Waals surface area contributed by atoms with Crippen LogP contribution < -0.4 is 10.6 Å². The average molecular weight is 581 g/mol. The van der Waals surface area contributed by atoms with Gasteiger partial charge in [-0.15, -0.1) is 0 Å². The molecule has 4 heterocycles. The number of carbonyl (C=O) groups is 1. The lowest BCUT2D eigenvalue weighted by Gasteiger charge is -2.74. The van der Waals surface area contributed by atoms with Gasteiger partial charge < -0.3 is 25.2 Å². The van der Waals surface area contributed by atoms with E-state index < -0.39 is 11.7 Å². The summed E-state index contributed by atoms with van der Waals surface area (Å²) < 4.78 is 46.4. The summed E-state index contributed by atoms with van der Waals surface area (Å²) in [5.74, 6) is 0.0398. The molecular formula is C28H43F3N8O2. The van der Waals surface area contributed by atoms with Crippen LogP contribution in [0.4, 0.5) is 24.9 Å². The number of piperidine rings is 1. The van der Waals surface area contributed by atoms with E-state index in [2.05, 4.69) is 42.3 Å². The van der Waals surface area contributed by atoms with E-state index in [1.165, 1.54) is 12.8 Å². The van der Waals surface area contributed by atoms with Gasteiger partial charge in [0.25, 0.3) is 0 Å². The van der Waals surface area contributed by atoms with Crippen LogP contribution in [0, 0.1) is 0 Å². The van der Waals surface area contributed by atoms with Crippen LogP contribution in [0.3, 0.4) is 0 Å². The maximum Gasteiger partial charge on any atom is 0.421 e. The molecule has 0 spiro atoms. The van der Waals surface area contributed by atoms with Crippen LogP contribution in [0.1, 0.15) is 50.5 Å². The van der Waals surface area contributed by atoms with E-state index >= 15 is 0 Å². The third-order valence-corrected chi connectivity index (χ3v) is 9.88. The Morgan fingerprint density at radius 3 is 2.49 bits per heavy atom. The number of likely N-dealkylation sites (N-methyl/N-ethyl adjacent to an activating group) is 1. The number of alkyl halides is 3. The van der Waals surface area contributed by atoms with Crippen molar-refractivity contribution in [1.82, 2.24) is 29.6 Å². The molecule has 6 fully saturated rings. The lowest BCUT2D eigenvalue weighted by atomic mass is 9.43. The van der Waals surface area contributed by atoms with Gasteiger partial charge in [0, 0.05) is 82.2 Å². The van der Waals surface area contributed by atoms with E-state index in [9.17, 15) is 18.0 Å². The van der Waals surface area contributed by atoms with E-state index in [1.807, 2.05) is 0 Å². The minimum absolute atomic E-state index is 0.0164. The van der Waals surface area contributed by atoms with Gasteiger partial charge in [-0.1, -0.05) is 0 Å². The van der Waals surface area contributed by atoms with Crippen LogP contribution in [0.25, 0.3) is 0 Å². The van der Waals surface area contributed by atoms with Gasteiger partial charge in [0.15, 0.2) is 0 Å². The number of anilines is 2. The third kappa shape index (κ3) is 6.14. The first kappa shape index (κ1) is 28.9. The predicted molar refractivity (Wildman–Crippen MR) is 149 cm³/mol. The Labute approximate surface area is 240 Å². The van der Waals surface area contributed by atoms with Crippen molar-refractivity contribution >= 4 is 17.7 Å². The molecule has 3 saturated carbocycles. The second-order valence-corrected chi connectivity index (χ2v) is 12.7. The molecule has 0 unspecified atom stereocenters. The topological polar surface area (TPSA) is 89.1 Å². The number of halogens is 3. The fraction of sp³-hybridized carbons (Fsp3) is 0.821. The lowest BCUT2D eigenvalue weighted by Crippen LogP contribution is -2.82. The largest absolute Gasteiger partial charge is 0.421 e. The van der Waals surface area contributed by atoms with Gasteiger partial charge in [-0.2, -0.15) is 18.2 Å². The molecule has 0 radical (unpaired) electrons. The molecule has 10 nitrogen and oxygen atoms in total. The SMILES string of the molecule is CN1CCN(C2CCN(C34CC(Nc5ncc(C(F)(F)F)c(NCCCN6CCOCCC6=O)n5)(C3)C4)CC2)CC1. The van der Waals surface area contributed by atoms with Crippen LogP contribution in [-0.4, -0.2) is 132 Å². The van der Waals surface area contributed by atoms with Gasteiger partial charge in [-0.25, -0.2) is 4.98 Å². The summed E-state index contributed by atoms with van der Waals surface area (Å²) >= 11 is 0. The maximum atomic E-state index is 13.7. The van der Waals surface area contributed by atoms with Crippen molar-refractivity contribution in [2.45, 2.75) is 68.2 Å². The molecule has 1 aromatic rings. The summed E-state index contributed by atoms with van der Waals surface area (Å²) in [6.45, 7) is 9.00. The molecule has 0 aromatic carbocycles. The standard InChI is InChI=1S/C28H43F3N8O2/c1-36-10-12-37(13-11-36)21-3-8-39(9-4-21)27-18-26(19-27,20-27)35-25-33-17-22(28(29,30)31)24(34-25)32-6-2-7-38-14-16-41-15-5-23(38)40/h17,21H,2-16,18-20H2,1H3,(H2,32,33,34,35). The Hall–Kier alpha value is -2.22. The zero-order valence-corrected chi connectivity index (χ0v) is 24.0. The highest BCUT2D eigenvalue weighted by Gasteiger charge is 2.70. The third-order valence-electron chi connectivity index (χ3n) is 9.88. The first-order valence-corrected chi connectivity index (χ1v) is 15.1. The van der Waals surface area contributed by atoms with Crippen molar-refractivity contribution in [3.63, 3.8) is 0 Å². The first-order valence-electron chi connectivity index (χ1n) is 15.1. The van der Waals surface area contributed by atoms with Crippen LogP contribution in [0.5, 0.6) is 0 Å². The number of nitrogens with one attached hydrogen (secondary N) is 2. The normalized spacial score (nSPS) is 30.4. The molecule has 3 saturated heterocycles. The Morgan fingerprint density at radius 2 is 1.78 bits per heavy atom. The molecule has 3 aliphatic heterocycles. The average Bonchev–Trinajstić information content (AvgIpc) is 3.11. The number of ether oxygens (including phenoxy) is 1. The van der Waals surface area contributed by atoms with Crippen LogP contribution >= 0.6 is 0 Å². The summed E-state index contributed by atoms with van der Waals surface area (Å²) in [4.78, 5) is 29.9. The number of carbonyl (C=O) groups excluding carboxylic acids is 1. The van der Waals surface area contributed by atoms with Crippen molar-refractivity contribution in [3.05, 3.63) is 11.8 Å². The Kier molecular flexibility index (Phi) is 8.07. The highest BCUT2D eigenvalue weighted by Crippen LogP contribution is 2.65. The number of nitrogens with zero attached hydrogens (tertiary/aromatic N) is 6. The number of hydrogen-bond donors (Lipinski definition) is 2. The molecule has 13 heteroatoms. The summed E-state index contributed by atoms with van der Waals surface area (Å²) in [6.07, 6.45) is 2.54. The van der Waals surface area contributed by atoms with Crippen molar-refractivity contribution < 1.29 is 22.7 Å². The summed E-state index contributed by atoms with van der Waals surface area (Å²) in [5, 5.41) is 6.25. The molecule has 3 aliphatic carbocycles. The molecule has 2 N–H and O–H groups in total. The Morgan fingerprint density at radius 1 is 1.05 bits per heavy atom. The smallest absolute Gasteiger partial charge is 0.379 e. The molecular weight excluding hydrogens is 537 g/mol. The number of likely N-dealkylation sites (tertiary alicyclic amines) is 1. The van der Waals surface area contributed by atoms with Crippen molar-refractivity contribution in [1.29, 1.82) is 0 Å². The summed E-state index contributed by atoms with van der Waals surface area (Å²) in [5.41, 5.74) is -0.775. The van der Waals surface area contributed by atoms with Crippen LogP contribution in [0.2, 0.25) is 0 Å². The molecule has 228 valence electrons. The molecule has 7 rings (SSSR count). The van der Waals surface area contributed by atoms with E-state index in [-0.39, 0.29) is 35.3 Å². The van der Waals surface area contributed by atoms with Crippen molar-refractivity contribution in [2.24, 2.45) is 0 Å². The molecule has 41 heavy (non-hydrogen) atoms. The molecule has 2 bridgehead atoms. The monoisotopic (exact) mass is 580 g/mol. The summed E-state index contributed by atoms with van der Waals surface area (Å²) in [7, 11) is 2.19. The minimum atomic E-state index is -4.56. The molecule has 0 atom stereocenters. The number of aromatic nitrogens is 2. The second-order valence-electron chi connectivity index (χ2n) is 12.7. The van der Waals surface area contributed by atoms with Gasteiger partial charge in [-0.05, 0) is 45.6 Å². The van der Waals surface area contributed by atoms with Crippen LogP contribution in [-0.2, 0) is 15.7 Å². The molecule has 6 aliphatic rings. The van der Waals surface area contributed by atoms with E-state index in [4.69, 9.17) is 4.74 Å². The Balaban J connectivity index is 0.998.